The van der Waals surface area contributed by atoms with Gasteiger partial charge in [0.2, 0.25) is 0 Å². The summed E-state index contributed by atoms with van der Waals surface area (Å²) in [6.45, 7) is 8.33. The molecule has 0 fully saturated rings. The summed E-state index contributed by atoms with van der Waals surface area (Å²) in [7, 11) is 1.88. The molecule has 1 aromatic rings. The van der Waals surface area contributed by atoms with Crippen molar-refractivity contribution in [2.75, 3.05) is 6.54 Å². The topological polar surface area (TPSA) is 42.7 Å². The van der Waals surface area contributed by atoms with Gasteiger partial charge in [-0.15, -0.1) is 0 Å². The number of nitrogens with one attached hydrogen (secondary N) is 1. The Hall–Kier alpha value is -0.900. The summed E-state index contributed by atoms with van der Waals surface area (Å²) in [5.74, 6) is 0.853. The van der Waals surface area contributed by atoms with Crippen LogP contribution in [-0.2, 0) is 13.6 Å². The molecule has 1 aromatic heterocycles. The lowest BCUT2D eigenvalue weighted by Crippen LogP contribution is -2.26. The van der Waals surface area contributed by atoms with Crippen LogP contribution in [-0.4, -0.2) is 21.3 Å². The second-order valence-corrected chi connectivity index (χ2v) is 4.50. The smallest absolute Gasteiger partial charge is 0.164 e. The Morgan fingerprint density at radius 1 is 1.46 bits per heavy atom. The van der Waals surface area contributed by atoms with Crippen molar-refractivity contribution in [3.05, 3.63) is 12.2 Å². The number of hydrogen-bond acceptors (Lipinski definition) is 3. The molecule has 4 heteroatoms. The maximum Gasteiger partial charge on any atom is 0.164 e. The molecule has 0 unspecified atom stereocenters. The Morgan fingerprint density at radius 3 is 2.62 bits per heavy atom. The Labute approximate surface area is 79.4 Å². The standard InChI is InChI=1S/C9H18N4/c1-9(2,3)6-10-5-8-11-7-13(4)12-8/h7,10H,5-6H2,1-4H3. The van der Waals surface area contributed by atoms with Crippen LogP contribution in [0.2, 0.25) is 0 Å². The van der Waals surface area contributed by atoms with Gasteiger partial charge in [-0.05, 0) is 5.41 Å². The molecule has 0 saturated heterocycles. The maximum atomic E-state index is 4.17. The molecule has 1 N–H and O–H groups in total. The molecule has 0 atom stereocenters. The first-order valence-corrected chi connectivity index (χ1v) is 4.53. The van der Waals surface area contributed by atoms with E-state index in [9.17, 15) is 0 Å². The second-order valence-electron chi connectivity index (χ2n) is 4.50. The highest BCUT2D eigenvalue weighted by Gasteiger charge is 2.09. The van der Waals surface area contributed by atoms with E-state index in [1.807, 2.05) is 7.05 Å². The Morgan fingerprint density at radius 2 is 2.15 bits per heavy atom. The fourth-order valence-corrected chi connectivity index (χ4v) is 1.01. The van der Waals surface area contributed by atoms with E-state index < -0.39 is 0 Å². The first-order chi connectivity index (χ1) is 5.97. The second kappa shape index (κ2) is 3.87. The van der Waals surface area contributed by atoms with Crippen LogP contribution >= 0.6 is 0 Å². The van der Waals surface area contributed by atoms with E-state index in [0.717, 1.165) is 18.9 Å². The van der Waals surface area contributed by atoms with Crippen LogP contribution in [0.1, 0.15) is 26.6 Å². The van der Waals surface area contributed by atoms with Crippen LogP contribution in [0.15, 0.2) is 6.33 Å². The van der Waals surface area contributed by atoms with E-state index >= 15 is 0 Å². The van der Waals surface area contributed by atoms with Gasteiger partial charge >= 0.3 is 0 Å². The number of aromatic nitrogens is 3. The van der Waals surface area contributed by atoms with Crippen molar-refractivity contribution in [2.24, 2.45) is 12.5 Å². The number of nitrogens with zero attached hydrogens (tertiary/aromatic N) is 3. The lowest BCUT2D eigenvalue weighted by molar-refractivity contribution is 0.377. The average molecular weight is 182 g/mol. The zero-order valence-corrected chi connectivity index (χ0v) is 8.83. The summed E-state index contributed by atoms with van der Waals surface area (Å²) in [5, 5.41) is 7.49. The van der Waals surface area contributed by atoms with Gasteiger partial charge in [0.1, 0.15) is 6.33 Å². The summed E-state index contributed by atoms with van der Waals surface area (Å²) in [4.78, 5) is 4.12. The Balaban J connectivity index is 2.28. The minimum atomic E-state index is 0.314. The van der Waals surface area contributed by atoms with E-state index in [0.29, 0.717) is 5.41 Å². The van der Waals surface area contributed by atoms with Gasteiger partial charge in [0, 0.05) is 13.6 Å². The van der Waals surface area contributed by atoms with Gasteiger partial charge in [-0.1, -0.05) is 20.8 Å². The third-order valence-electron chi connectivity index (χ3n) is 1.59. The van der Waals surface area contributed by atoms with Gasteiger partial charge in [-0.3, -0.25) is 4.68 Å². The van der Waals surface area contributed by atoms with Crippen molar-refractivity contribution in [1.29, 1.82) is 0 Å². The van der Waals surface area contributed by atoms with Crippen molar-refractivity contribution >= 4 is 0 Å². The molecule has 4 nitrogen and oxygen atoms in total. The fraction of sp³-hybridized carbons (Fsp3) is 0.778. The largest absolute Gasteiger partial charge is 0.309 e. The first kappa shape index (κ1) is 10.2. The lowest BCUT2D eigenvalue weighted by Gasteiger charge is -2.17. The average Bonchev–Trinajstić information content (AvgIpc) is 2.33. The molecule has 0 aliphatic heterocycles. The summed E-state index contributed by atoms with van der Waals surface area (Å²) in [6.07, 6.45) is 1.72. The number of aryl methyl sites for hydroxylation is 1. The highest BCUT2D eigenvalue weighted by molar-refractivity contribution is 4.80. The van der Waals surface area contributed by atoms with Gasteiger partial charge in [0.05, 0.1) is 6.54 Å². The molecule has 74 valence electrons. The van der Waals surface area contributed by atoms with Crippen LogP contribution < -0.4 is 5.32 Å². The molecule has 0 spiro atoms. The van der Waals surface area contributed by atoms with Crippen molar-refractivity contribution in [3.63, 3.8) is 0 Å². The molecule has 0 aliphatic carbocycles. The highest BCUT2D eigenvalue weighted by Crippen LogP contribution is 2.10. The molecule has 13 heavy (non-hydrogen) atoms. The van der Waals surface area contributed by atoms with E-state index in [4.69, 9.17) is 0 Å². The SMILES string of the molecule is Cn1cnc(CNCC(C)(C)C)n1. The number of hydrogen-bond donors (Lipinski definition) is 1. The van der Waals surface area contributed by atoms with Gasteiger partial charge in [0.15, 0.2) is 5.82 Å². The normalized spacial score (nSPS) is 12.0. The molecular weight excluding hydrogens is 164 g/mol. The zero-order chi connectivity index (χ0) is 9.90. The highest BCUT2D eigenvalue weighted by atomic mass is 15.3. The maximum absolute atomic E-state index is 4.17. The van der Waals surface area contributed by atoms with E-state index in [2.05, 4.69) is 36.2 Å². The summed E-state index contributed by atoms with van der Waals surface area (Å²) >= 11 is 0. The molecular formula is C9H18N4. The monoisotopic (exact) mass is 182 g/mol. The van der Waals surface area contributed by atoms with Crippen LogP contribution in [0.3, 0.4) is 0 Å². The quantitative estimate of drug-likeness (QED) is 0.757. The summed E-state index contributed by atoms with van der Waals surface area (Å²) in [6, 6.07) is 0. The van der Waals surface area contributed by atoms with Crippen LogP contribution in [0.25, 0.3) is 0 Å². The molecule has 1 rings (SSSR count). The minimum Gasteiger partial charge on any atom is -0.309 e. The molecule has 1 heterocycles. The van der Waals surface area contributed by atoms with E-state index in [1.54, 1.807) is 11.0 Å². The molecule has 0 aromatic carbocycles. The lowest BCUT2D eigenvalue weighted by atomic mass is 9.97. The van der Waals surface area contributed by atoms with Crippen molar-refractivity contribution < 1.29 is 0 Å². The van der Waals surface area contributed by atoms with E-state index in [1.165, 1.54) is 0 Å². The molecule has 0 amide bonds. The Kier molecular flexibility index (Phi) is 3.03. The van der Waals surface area contributed by atoms with Crippen molar-refractivity contribution in [3.8, 4) is 0 Å². The predicted molar refractivity (Wildman–Crippen MR) is 52.2 cm³/mol. The van der Waals surface area contributed by atoms with Gasteiger partial charge in [-0.2, -0.15) is 5.10 Å². The van der Waals surface area contributed by atoms with Crippen molar-refractivity contribution in [2.45, 2.75) is 27.3 Å². The van der Waals surface area contributed by atoms with Crippen molar-refractivity contribution in [1.82, 2.24) is 20.1 Å². The summed E-state index contributed by atoms with van der Waals surface area (Å²) < 4.78 is 1.72. The molecule has 0 bridgehead atoms. The van der Waals surface area contributed by atoms with Gasteiger partial charge in [-0.25, -0.2) is 4.98 Å². The van der Waals surface area contributed by atoms with Gasteiger partial charge in [0.25, 0.3) is 0 Å². The summed E-state index contributed by atoms with van der Waals surface area (Å²) in [5.41, 5.74) is 0.314. The molecule has 0 saturated carbocycles. The van der Waals surface area contributed by atoms with Gasteiger partial charge < -0.3 is 5.32 Å². The molecule has 0 radical (unpaired) electrons. The van der Waals surface area contributed by atoms with Crippen LogP contribution in [0, 0.1) is 5.41 Å². The Bertz CT molecular complexity index is 259. The fourth-order valence-electron chi connectivity index (χ4n) is 1.01. The zero-order valence-electron chi connectivity index (χ0n) is 8.83. The molecule has 0 aliphatic rings. The first-order valence-electron chi connectivity index (χ1n) is 4.53. The third-order valence-corrected chi connectivity index (χ3v) is 1.59. The van der Waals surface area contributed by atoms with Crippen LogP contribution in [0.4, 0.5) is 0 Å². The third kappa shape index (κ3) is 4.03. The van der Waals surface area contributed by atoms with Crippen LogP contribution in [0.5, 0.6) is 0 Å². The van der Waals surface area contributed by atoms with E-state index in [-0.39, 0.29) is 0 Å². The predicted octanol–water partition coefficient (Wildman–Crippen LogP) is 0.951. The number of rotatable bonds is 3. The minimum absolute atomic E-state index is 0.314.